The summed E-state index contributed by atoms with van der Waals surface area (Å²) in [6.45, 7) is 0. The first-order valence-electron chi connectivity index (χ1n) is 11.1. The first-order chi connectivity index (χ1) is 16.8. The smallest absolute Gasteiger partial charge is 0.160 e. The van der Waals surface area contributed by atoms with Crippen LogP contribution in [0, 0.1) is 11.3 Å². The van der Waals surface area contributed by atoms with E-state index in [-0.39, 0.29) is 0 Å². The van der Waals surface area contributed by atoms with Gasteiger partial charge in [-0.05, 0) is 42.5 Å². The van der Waals surface area contributed by atoms with Gasteiger partial charge in [0.15, 0.2) is 5.58 Å². The number of hydrogen-bond acceptors (Lipinski definition) is 3. The molecule has 3 aromatic heterocycles. The molecule has 0 saturated carbocycles. The van der Waals surface area contributed by atoms with Crippen molar-refractivity contribution in [2.45, 2.75) is 0 Å². The van der Waals surface area contributed by atoms with E-state index in [2.05, 4.69) is 70.2 Å². The Morgan fingerprint density at radius 3 is 2.47 bits per heavy atom. The van der Waals surface area contributed by atoms with Gasteiger partial charge in [0.25, 0.3) is 0 Å². The highest BCUT2D eigenvalue weighted by atomic mass is 16.3. The summed E-state index contributed by atoms with van der Waals surface area (Å²) in [6.07, 6.45) is 1.72. The monoisotopic (exact) mass is 435 g/mol. The lowest BCUT2D eigenvalue weighted by molar-refractivity contribution is 0.671. The third-order valence-corrected chi connectivity index (χ3v) is 6.49. The van der Waals surface area contributed by atoms with Crippen LogP contribution in [0.5, 0.6) is 0 Å². The summed E-state index contributed by atoms with van der Waals surface area (Å²) in [6, 6.07) is 35.0. The quantitative estimate of drug-likeness (QED) is 0.281. The number of nitrogens with zero attached hydrogens (tertiary/aromatic N) is 3. The first-order valence-corrected chi connectivity index (χ1v) is 11.1. The van der Waals surface area contributed by atoms with E-state index in [1.807, 2.05) is 30.3 Å². The second-order valence-corrected chi connectivity index (χ2v) is 8.35. The van der Waals surface area contributed by atoms with E-state index < -0.39 is 0 Å². The molecule has 0 unspecified atom stereocenters. The molecule has 0 amide bonds. The zero-order chi connectivity index (χ0) is 22.6. The molecule has 3 heterocycles. The number of benzene rings is 4. The van der Waals surface area contributed by atoms with Crippen LogP contribution in [0.15, 0.2) is 108 Å². The molecule has 4 heteroatoms. The van der Waals surface area contributed by atoms with Crippen molar-refractivity contribution in [3.8, 4) is 23.0 Å². The third-order valence-electron chi connectivity index (χ3n) is 6.49. The van der Waals surface area contributed by atoms with E-state index in [0.29, 0.717) is 11.3 Å². The summed E-state index contributed by atoms with van der Waals surface area (Å²) in [5.41, 5.74) is 7.02. The first kappa shape index (κ1) is 18.7. The fraction of sp³-hybridized carbons (Fsp3) is 0. The normalized spacial score (nSPS) is 11.5. The molecular formula is C30H17N3O. The Hall–Kier alpha value is -4.88. The lowest BCUT2D eigenvalue weighted by Crippen LogP contribution is -1.96. The molecule has 0 radical (unpaired) electrons. The molecule has 0 atom stereocenters. The van der Waals surface area contributed by atoms with E-state index in [0.717, 1.165) is 49.6 Å². The SMILES string of the molecule is N#Cc1cccnc1-c1cccc(-n2c3ccccc3c3ccc4c5ccccc5oc4c32)c1. The van der Waals surface area contributed by atoms with Crippen LogP contribution in [0.3, 0.4) is 0 Å². The minimum absolute atomic E-state index is 0.557. The van der Waals surface area contributed by atoms with E-state index in [4.69, 9.17) is 4.42 Å². The molecule has 0 aliphatic rings. The molecule has 0 aliphatic carbocycles. The maximum absolute atomic E-state index is 9.60. The Kier molecular flexibility index (Phi) is 3.88. The topological polar surface area (TPSA) is 54.8 Å². The van der Waals surface area contributed by atoms with Gasteiger partial charge in [-0.25, -0.2) is 0 Å². The van der Waals surface area contributed by atoms with Crippen LogP contribution in [-0.4, -0.2) is 9.55 Å². The number of fused-ring (bicyclic) bond motifs is 7. The van der Waals surface area contributed by atoms with Gasteiger partial charge in [0.05, 0.1) is 22.3 Å². The summed E-state index contributed by atoms with van der Waals surface area (Å²) in [5.74, 6) is 0. The van der Waals surface area contributed by atoms with Gasteiger partial charge in [0.2, 0.25) is 0 Å². The predicted octanol–water partition coefficient (Wildman–Crippen LogP) is 7.62. The molecule has 4 nitrogen and oxygen atoms in total. The number of hydrogen-bond donors (Lipinski definition) is 0. The van der Waals surface area contributed by atoms with Crippen molar-refractivity contribution in [3.63, 3.8) is 0 Å². The molecule has 34 heavy (non-hydrogen) atoms. The zero-order valence-electron chi connectivity index (χ0n) is 18.1. The molecule has 0 bridgehead atoms. The van der Waals surface area contributed by atoms with Crippen molar-refractivity contribution in [3.05, 3.63) is 109 Å². The van der Waals surface area contributed by atoms with Gasteiger partial charge in [-0.2, -0.15) is 5.26 Å². The van der Waals surface area contributed by atoms with Gasteiger partial charge in [0.1, 0.15) is 11.7 Å². The Bertz CT molecular complexity index is 1930. The molecule has 0 spiro atoms. The third kappa shape index (κ3) is 2.55. The summed E-state index contributed by atoms with van der Waals surface area (Å²) in [4.78, 5) is 4.50. The van der Waals surface area contributed by atoms with Gasteiger partial charge in [-0.3, -0.25) is 4.98 Å². The van der Waals surface area contributed by atoms with Gasteiger partial charge in [-0.1, -0.05) is 54.6 Å². The number of aromatic nitrogens is 2. The highest BCUT2D eigenvalue weighted by Gasteiger charge is 2.19. The van der Waals surface area contributed by atoms with Crippen LogP contribution >= 0.6 is 0 Å². The van der Waals surface area contributed by atoms with Crippen molar-refractivity contribution < 1.29 is 4.42 Å². The zero-order valence-corrected chi connectivity index (χ0v) is 18.1. The standard InChI is InChI=1S/C30H17N3O/c31-18-20-8-6-16-32-28(20)19-7-5-9-21(17-19)33-26-12-3-1-10-22(26)24-14-15-25-23-11-2-4-13-27(23)34-30(25)29(24)33/h1-17H. The highest BCUT2D eigenvalue weighted by Crippen LogP contribution is 2.40. The average molecular weight is 435 g/mol. The van der Waals surface area contributed by atoms with Crippen LogP contribution in [0.25, 0.3) is 60.7 Å². The highest BCUT2D eigenvalue weighted by molar-refractivity contribution is 6.21. The maximum Gasteiger partial charge on any atom is 0.160 e. The van der Waals surface area contributed by atoms with Crippen molar-refractivity contribution in [1.82, 2.24) is 9.55 Å². The maximum atomic E-state index is 9.60. The molecule has 0 aliphatic heterocycles. The van der Waals surface area contributed by atoms with Crippen LogP contribution < -0.4 is 0 Å². The fourth-order valence-electron chi connectivity index (χ4n) is 5.02. The molecule has 158 valence electrons. The second-order valence-electron chi connectivity index (χ2n) is 8.35. The molecule has 7 aromatic rings. The van der Waals surface area contributed by atoms with Crippen LogP contribution in [-0.2, 0) is 0 Å². The summed E-state index contributed by atoms with van der Waals surface area (Å²) < 4.78 is 8.69. The fourth-order valence-corrected chi connectivity index (χ4v) is 5.02. The van der Waals surface area contributed by atoms with Crippen LogP contribution in [0.1, 0.15) is 5.56 Å². The number of nitriles is 1. The number of rotatable bonds is 2. The Balaban J connectivity index is 1.61. The van der Waals surface area contributed by atoms with E-state index in [1.54, 1.807) is 18.3 Å². The van der Waals surface area contributed by atoms with Crippen molar-refractivity contribution in [2.24, 2.45) is 0 Å². The van der Waals surface area contributed by atoms with Gasteiger partial charge in [0, 0.05) is 39.0 Å². The van der Waals surface area contributed by atoms with E-state index >= 15 is 0 Å². The second kappa shape index (κ2) is 7.06. The molecule has 0 fully saturated rings. The van der Waals surface area contributed by atoms with Crippen molar-refractivity contribution in [2.75, 3.05) is 0 Å². The lowest BCUT2D eigenvalue weighted by Gasteiger charge is -2.10. The number of para-hydroxylation sites is 2. The molecule has 7 rings (SSSR count). The van der Waals surface area contributed by atoms with E-state index in [1.165, 1.54) is 5.39 Å². The Morgan fingerprint density at radius 2 is 1.56 bits per heavy atom. The molecule has 0 N–H and O–H groups in total. The van der Waals surface area contributed by atoms with Gasteiger partial charge < -0.3 is 8.98 Å². The van der Waals surface area contributed by atoms with Gasteiger partial charge in [-0.15, -0.1) is 0 Å². The van der Waals surface area contributed by atoms with Crippen molar-refractivity contribution in [1.29, 1.82) is 5.26 Å². The minimum Gasteiger partial charge on any atom is -0.454 e. The molecule has 0 saturated heterocycles. The van der Waals surface area contributed by atoms with Crippen LogP contribution in [0.2, 0.25) is 0 Å². The minimum atomic E-state index is 0.557. The number of furan rings is 1. The van der Waals surface area contributed by atoms with Crippen LogP contribution in [0.4, 0.5) is 0 Å². The molecule has 4 aromatic carbocycles. The molecular weight excluding hydrogens is 418 g/mol. The Labute approximate surface area is 194 Å². The number of pyridine rings is 1. The van der Waals surface area contributed by atoms with E-state index in [9.17, 15) is 5.26 Å². The summed E-state index contributed by atoms with van der Waals surface area (Å²) in [7, 11) is 0. The Morgan fingerprint density at radius 1 is 0.735 bits per heavy atom. The summed E-state index contributed by atoms with van der Waals surface area (Å²) in [5, 5.41) is 14.1. The summed E-state index contributed by atoms with van der Waals surface area (Å²) >= 11 is 0. The predicted molar refractivity (Wildman–Crippen MR) is 136 cm³/mol. The van der Waals surface area contributed by atoms with Crippen molar-refractivity contribution >= 4 is 43.7 Å². The lowest BCUT2D eigenvalue weighted by atomic mass is 10.1. The largest absolute Gasteiger partial charge is 0.454 e. The van der Waals surface area contributed by atoms with Gasteiger partial charge >= 0.3 is 0 Å². The average Bonchev–Trinajstić information content (AvgIpc) is 3.45.